The predicted molar refractivity (Wildman–Crippen MR) is 135 cm³/mol. The molecule has 7 heteroatoms. The number of nitrogens with zero attached hydrogens (tertiary/aromatic N) is 3. The van der Waals surface area contributed by atoms with Crippen LogP contribution in [-0.4, -0.2) is 38.2 Å². The van der Waals surface area contributed by atoms with E-state index in [2.05, 4.69) is 56.7 Å². The summed E-state index contributed by atoms with van der Waals surface area (Å²) in [6.45, 7) is 5.62. The maximum absolute atomic E-state index is 5.48. The number of hydrogen-bond donors (Lipinski definition) is 2. The van der Waals surface area contributed by atoms with Gasteiger partial charge < -0.3 is 20.3 Å². The van der Waals surface area contributed by atoms with Crippen LogP contribution in [0.3, 0.4) is 0 Å². The van der Waals surface area contributed by atoms with E-state index in [1.54, 1.807) is 14.2 Å². The van der Waals surface area contributed by atoms with Gasteiger partial charge in [0.15, 0.2) is 5.96 Å². The molecule has 2 N–H and O–H groups in total. The standard InChI is InChI=1S/C23H33N5O.HI/c1-18-8-10-20(21(14-18)29-3)17-27-23(24-2)26-16-19-9-11-22(25-15-19)28-12-6-4-5-7-13-28;/h8-11,14-15H,4-7,12-13,16-17H2,1-3H3,(H2,24,26,27);1H. The fourth-order valence-electron chi connectivity index (χ4n) is 3.59. The van der Waals surface area contributed by atoms with E-state index in [1.165, 1.54) is 31.2 Å². The molecule has 1 aliphatic heterocycles. The molecule has 0 radical (unpaired) electrons. The number of hydrogen-bond acceptors (Lipinski definition) is 4. The molecule has 0 saturated carbocycles. The van der Waals surface area contributed by atoms with Gasteiger partial charge in [-0.25, -0.2) is 4.98 Å². The first-order valence-corrected chi connectivity index (χ1v) is 10.5. The minimum atomic E-state index is 0. The quantitative estimate of drug-likeness (QED) is 0.337. The Morgan fingerprint density at radius 1 is 1.07 bits per heavy atom. The van der Waals surface area contributed by atoms with E-state index in [-0.39, 0.29) is 24.0 Å². The summed E-state index contributed by atoms with van der Waals surface area (Å²) in [7, 11) is 3.48. The summed E-state index contributed by atoms with van der Waals surface area (Å²) in [6.07, 6.45) is 7.15. The van der Waals surface area contributed by atoms with Crippen LogP contribution < -0.4 is 20.3 Å². The highest BCUT2D eigenvalue weighted by Crippen LogP contribution is 2.20. The summed E-state index contributed by atoms with van der Waals surface area (Å²) in [5.74, 6) is 2.73. The zero-order valence-corrected chi connectivity index (χ0v) is 20.6. The summed E-state index contributed by atoms with van der Waals surface area (Å²) < 4.78 is 5.48. The average Bonchev–Trinajstić information content (AvgIpc) is 3.04. The van der Waals surface area contributed by atoms with Crippen molar-refractivity contribution in [2.24, 2.45) is 4.99 Å². The number of nitrogens with one attached hydrogen (secondary N) is 2. The molecule has 164 valence electrons. The molecule has 30 heavy (non-hydrogen) atoms. The second-order valence-corrected chi connectivity index (χ2v) is 7.52. The van der Waals surface area contributed by atoms with Gasteiger partial charge in [0, 0.05) is 45.0 Å². The van der Waals surface area contributed by atoms with Gasteiger partial charge in [0.2, 0.25) is 0 Å². The van der Waals surface area contributed by atoms with Crippen LogP contribution in [0.2, 0.25) is 0 Å². The number of methoxy groups -OCH3 is 1. The number of anilines is 1. The van der Waals surface area contributed by atoms with Crippen LogP contribution in [0.15, 0.2) is 41.5 Å². The lowest BCUT2D eigenvalue weighted by molar-refractivity contribution is 0.408. The minimum Gasteiger partial charge on any atom is -0.496 e. The van der Waals surface area contributed by atoms with Crippen LogP contribution in [-0.2, 0) is 13.1 Å². The van der Waals surface area contributed by atoms with E-state index in [0.29, 0.717) is 13.1 Å². The molecule has 0 amide bonds. The number of halogens is 1. The molecule has 1 fully saturated rings. The van der Waals surface area contributed by atoms with Gasteiger partial charge in [-0.1, -0.05) is 31.0 Å². The van der Waals surface area contributed by atoms with E-state index in [1.807, 2.05) is 12.3 Å². The normalized spacial score (nSPS) is 14.5. The molecule has 1 aromatic carbocycles. The van der Waals surface area contributed by atoms with Crippen LogP contribution >= 0.6 is 24.0 Å². The van der Waals surface area contributed by atoms with Crippen LogP contribution in [0.4, 0.5) is 5.82 Å². The maximum Gasteiger partial charge on any atom is 0.191 e. The molecule has 0 atom stereocenters. The Labute approximate surface area is 197 Å². The minimum absolute atomic E-state index is 0. The molecular weight excluding hydrogens is 489 g/mol. The van der Waals surface area contributed by atoms with Crippen LogP contribution in [0, 0.1) is 6.92 Å². The van der Waals surface area contributed by atoms with Crippen molar-refractivity contribution in [3.63, 3.8) is 0 Å². The third kappa shape index (κ3) is 7.04. The largest absolute Gasteiger partial charge is 0.496 e. The number of ether oxygens (including phenoxy) is 1. The van der Waals surface area contributed by atoms with Gasteiger partial charge in [0.1, 0.15) is 11.6 Å². The zero-order chi connectivity index (χ0) is 20.5. The molecule has 0 spiro atoms. The Morgan fingerprint density at radius 2 is 1.80 bits per heavy atom. The van der Waals surface area contributed by atoms with Gasteiger partial charge in [-0.2, -0.15) is 0 Å². The maximum atomic E-state index is 5.48. The molecule has 0 aliphatic carbocycles. The Kier molecular flexibility index (Phi) is 10.2. The van der Waals surface area contributed by atoms with Crippen LogP contribution in [0.25, 0.3) is 0 Å². The monoisotopic (exact) mass is 523 g/mol. The summed E-state index contributed by atoms with van der Waals surface area (Å²) in [4.78, 5) is 11.4. The molecule has 0 bridgehead atoms. The number of aliphatic imine (C=N–C) groups is 1. The summed E-state index contributed by atoms with van der Waals surface area (Å²) in [6, 6.07) is 10.5. The Hall–Kier alpha value is -2.03. The zero-order valence-electron chi connectivity index (χ0n) is 18.3. The highest BCUT2D eigenvalue weighted by molar-refractivity contribution is 14.0. The predicted octanol–water partition coefficient (Wildman–Crippen LogP) is 4.26. The third-order valence-electron chi connectivity index (χ3n) is 5.31. The van der Waals surface area contributed by atoms with E-state index in [4.69, 9.17) is 4.74 Å². The third-order valence-corrected chi connectivity index (χ3v) is 5.31. The highest BCUT2D eigenvalue weighted by Gasteiger charge is 2.11. The van der Waals surface area contributed by atoms with Crippen LogP contribution in [0.5, 0.6) is 5.75 Å². The van der Waals surface area contributed by atoms with Crippen molar-refractivity contribution in [2.45, 2.75) is 45.7 Å². The molecule has 2 heterocycles. The topological polar surface area (TPSA) is 61.8 Å². The number of benzene rings is 1. The lowest BCUT2D eigenvalue weighted by atomic mass is 10.1. The van der Waals surface area contributed by atoms with Crippen LogP contribution in [0.1, 0.15) is 42.4 Å². The number of aromatic nitrogens is 1. The van der Waals surface area contributed by atoms with Crippen molar-refractivity contribution < 1.29 is 4.74 Å². The first kappa shape index (κ1) is 24.2. The molecule has 2 aromatic rings. The average molecular weight is 523 g/mol. The van der Waals surface area contributed by atoms with E-state index >= 15 is 0 Å². The van der Waals surface area contributed by atoms with Gasteiger partial charge in [0.25, 0.3) is 0 Å². The second kappa shape index (κ2) is 12.6. The lowest BCUT2D eigenvalue weighted by Crippen LogP contribution is -2.36. The summed E-state index contributed by atoms with van der Waals surface area (Å²) in [5, 5.41) is 6.71. The first-order valence-electron chi connectivity index (χ1n) is 10.5. The van der Waals surface area contributed by atoms with E-state index in [9.17, 15) is 0 Å². The number of pyridine rings is 1. The molecule has 0 unspecified atom stereocenters. The molecular formula is C23H34IN5O. The van der Waals surface area contributed by atoms with Gasteiger partial charge in [-0.15, -0.1) is 24.0 Å². The summed E-state index contributed by atoms with van der Waals surface area (Å²) >= 11 is 0. The number of guanidine groups is 1. The fourth-order valence-corrected chi connectivity index (χ4v) is 3.59. The van der Waals surface area contributed by atoms with E-state index < -0.39 is 0 Å². The summed E-state index contributed by atoms with van der Waals surface area (Å²) in [5.41, 5.74) is 3.42. The SMILES string of the molecule is CN=C(NCc1ccc(N2CCCCCC2)nc1)NCc1ccc(C)cc1OC.I. The molecule has 1 aromatic heterocycles. The highest BCUT2D eigenvalue weighted by atomic mass is 127. The smallest absolute Gasteiger partial charge is 0.191 e. The van der Waals surface area contributed by atoms with Crippen molar-refractivity contribution >= 4 is 35.8 Å². The van der Waals surface area contributed by atoms with Crippen molar-refractivity contribution in [3.05, 3.63) is 53.2 Å². The molecule has 3 rings (SSSR count). The molecule has 1 saturated heterocycles. The van der Waals surface area contributed by atoms with Crippen molar-refractivity contribution in [1.29, 1.82) is 0 Å². The van der Waals surface area contributed by atoms with Crippen molar-refractivity contribution in [2.75, 3.05) is 32.1 Å². The van der Waals surface area contributed by atoms with Gasteiger partial charge in [0.05, 0.1) is 7.11 Å². The fraction of sp³-hybridized carbons (Fsp3) is 0.478. The Balaban J connectivity index is 0.00000320. The number of aryl methyl sites for hydroxylation is 1. The van der Waals surface area contributed by atoms with Gasteiger partial charge >= 0.3 is 0 Å². The van der Waals surface area contributed by atoms with Gasteiger partial charge in [-0.3, -0.25) is 4.99 Å². The van der Waals surface area contributed by atoms with E-state index in [0.717, 1.165) is 41.7 Å². The Morgan fingerprint density at radius 3 is 2.43 bits per heavy atom. The molecule has 1 aliphatic rings. The van der Waals surface area contributed by atoms with Crippen molar-refractivity contribution in [3.8, 4) is 5.75 Å². The van der Waals surface area contributed by atoms with Crippen molar-refractivity contribution in [1.82, 2.24) is 15.6 Å². The molecule has 6 nitrogen and oxygen atoms in total. The first-order chi connectivity index (χ1) is 14.2. The second-order valence-electron chi connectivity index (χ2n) is 7.52. The van der Waals surface area contributed by atoms with Gasteiger partial charge in [-0.05, 0) is 43.0 Å². The number of rotatable bonds is 6. The Bertz CT molecular complexity index is 802. The lowest BCUT2D eigenvalue weighted by Gasteiger charge is -2.21.